The third kappa shape index (κ3) is 5.46. The van der Waals surface area contributed by atoms with E-state index in [0.29, 0.717) is 0 Å². The molecule has 0 amide bonds. The van der Waals surface area contributed by atoms with Crippen LogP contribution in [0.2, 0.25) is 0 Å². The van der Waals surface area contributed by atoms with Crippen molar-refractivity contribution < 1.29 is 26.3 Å². The zero-order chi connectivity index (χ0) is 24.5. The van der Waals surface area contributed by atoms with Crippen LogP contribution in [-0.2, 0) is 12.4 Å². The molecule has 1 aliphatic heterocycles. The van der Waals surface area contributed by atoms with Crippen molar-refractivity contribution in [1.82, 2.24) is 4.90 Å². The number of benzene rings is 3. The van der Waals surface area contributed by atoms with Gasteiger partial charge in [0.1, 0.15) is 0 Å². The Labute approximate surface area is 195 Å². The average Bonchev–Trinajstić information content (AvgIpc) is 2.83. The second kappa shape index (κ2) is 9.45. The maximum atomic E-state index is 12.9. The molecule has 2 atom stereocenters. The highest BCUT2D eigenvalue weighted by Gasteiger charge is 2.31. The standard InChI is InChI=1S/C27H25F6N/c1-18(19-7-11-24(12-8-19)26(28,29)30)34-15-3-6-23(17-34)22-5-2-4-21(16-22)20-9-13-25(14-10-20)27(31,32)33/h2,4-5,7-14,16,18,23H,3,6,15,17H2,1H3. The molecule has 1 heterocycles. The third-order valence-corrected chi connectivity index (χ3v) is 6.62. The number of rotatable bonds is 4. The van der Waals surface area contributed by atoms with E-state index in [1.165, 1.54) is 12.1 Å². The van der Waals surface area contributed by atoms with Gasteiger partial charge < -0.3 is 0 Å². The topological polar surface area (TPSA) is 3.24 Å². The van der Waals surface area contributed by atoms with Gasteiger partial charge in [-0.3, -0.25) is 4.90 Å². The van der Waals surface area contributed by atoms with E-state index in [-0.39, 0.29) is 12.0 Å². The van der Waals surface area contributed by atoms with E-state index in [2.05, 4.69) is 4.90 Å². The quantitative estimate of drug-likeness (QED) is 0.342. The van der Waals surface area contributed by atoms with Crippen molar-refractivity contribution in [3.8, 4) is 11.1 Å². The Morgan fingerprint density at radius 3 is 1.94 bits per heavy atom. The highest BCUT2D eigenvalue weighted by molar-refractivity contribution is 5.64. The molecule has 4 rings (SSSR count). The Morgan fingerprint density at radius 1 is 0.765 bits per heavy atom. The van der Waals surface area contributed by atoms with Crippen LogP contribution < -0.4 is 0 Å². The largest absolute Gasteiger partial charge is 0.416 e. The van der Waals surface area contributed by atoms with E-state index in [1.54, 1.807) is 12.1 Å². The Bertz CT molecular complexity index is 1100. The molecule has 0 radical (unpaired) electrons. The van der Waals surface area contributed by atoms with Crippen LogP contribution in [0.1, 0.15) is 54.0 Å². The molecule has 1 nitrogen and oxygen atoms in total. The van der Waals surface area contributed by atoms with E-state index in [0.717, 1.165) is 72.5 Å². The van der Waals surface area contributed by atoms with Crippen LogP contribution in [-0.4, -0.2) is 18.0 Å². The van der Waals surface area contributed by atoms with Crippen LogP contribution in [0.3, 0.4) is 0 Å². The fourth-order valence-corrected chi connectivity index (χ4v) is 4.62. The van der Waals surface area contributed by atoms with Crippen LogP contribution in [0.5, 0.6) is 0 Å². The molecule has 1 fully saturated rings. The minimum absolute atomic E-state index is 0.0248. The maximum Gasteiger partial charge on any atom is 0.416 e. The maximum absolute atomic E-state index is 12.9. The molecule has 34 heavy (non-hydrogen) atoms. The molecule has 0 aliphatic carbocycles. The lowest BCUT2D eigenvalue weighted by Crippen LogP contribution is -2.36. The number of hydrogen-bond donors (Lipinski definition) is 0. The summed E-state index contributed by atoms with van der Waals surface area (Å²) in [5.41, 5.74) is 2.21. The van der Waals surface area contributed by atoms with Crippen molar-refractivity contribution in [1.29, 1.82) is 0 Å². The van der Waals surface area contributed by atoms with E-state index >= 15 is 0 Å². The molecule has 0 saturated carbocycles. The molecule has 3 aromatic rings. The summed E-state index contributed by atoms with van der Waals surface area (Å²) in [5, 5.41) is 0. The van der Waals surface area contributed by atoms with Crippen LogP contribution in [0, 0.1) is 0 Å². The Morgan fingerprint density at radius 2 is 1.35 bits per heavy atom. The smallest absolute Gasteiger partial charge is 0.296 e. The van der Waals surface area contributed by atoms with Crippen molar-refractivity contribution in [2.75, 3.05) is 13.1 Å². The molecule has 2 unspecified atom stereocenters. The molecular weight excluding hydrogens is 452 g/mol. The lowest BCUT2D eigenvalue weighted by atomic mass is 9.87. The fourth-order valence-electron chi connectivity index (χ4n) is 4.62. The molecule has 0 bridgehead atoms. The predicted molar refractivity (Wildman–Crippen MR) is 120 cm³/mol. The molecule has 0 aromatic heterocycles. The summed E-state index contributed by atoms with van der Waals surface area (Å²) < 4.78 is 77.3. The Balaban J connectivity index is 1.49. The van der Waals surface area contributed by atoms with E-state index < -0.39 is 23.5 Å². The van der Waals surface area contributed by atoms with E-state index in [9.17, 15) is 26.3 Å². The first-order valence-electron chi connectivity index (χ1n) is 11.2. The molecule has 0 spiro atoms. The Kier molecular flexibility index (Phi) is 6.76. The highest BCUT2D eigenvalue weighted by atomic mass is 19.4. The minimum atomic E-state index is -4.37. The van der Waals surface area contributed by atoms with Crippen molar-refractivity contribution in [2.24, 2.45) is 0 Å². The molecule has 1 saturated heterocycles. The van der Waals surface area contributed by atoms with Gasteiger partial charge in [-0.15, -0.1) is 0 Å². The van der Waals surface area contributed by atoms with Crippen molar-refractivity contribution in [3.63, 3.8) is 0 Å². The summed E-state index contributed by atoms with van der Waals surface area (Å²) in [6, 6.07) is 18.3. The number of hydrogen-bond acceptors (Lipinski definition) is 1. The van der Waals surface area contributed by atoms with Crippen LogP contribution in [0.4, 0.5) is 26.3 Å². The van der Waals surface area contributed by atoms with Gasteiger partial charge in [0.25, 0.3) is 0 Å². The van der Waals surface area contributed by atoms with Crippen LogP contribution >= 0.6 is 0 Å². The van der Waals surface area contributed by atoms with Crippen LogP contribution in [0.25, 0.3) is 11.1 Å². The SMILES string of the molecule is CC(c1ccc(C(F)(F)F)cc1)N1CCCC(c2cccc(-c3ccc(C(F)(F)F)cc3)c2)C1. The monoisotopic (exact) mass is 477 g/mol. The van der Waals surface area contributed by atoms with E-state index in [4.69, 9.17) is 0 Å². The molecule has 180 valence electrons. The van der Waals surface area contributed by atoms with Crippen LogP contribution in [0.15, 0.2) is 72.8 Å². The lowest BCUT2D eigenvalue weighted by Gasteiger charge is -2.37. The zero-order valence-electron chi connectivity index (χ0n) is 18.6. The lowest BCUT2D eigenvalue weighted by molar-refractivity contribution is -0.138. The van der Waals surface area contributed by atoms with Gasteiger partial charge in [-0.05, 0) is 78.7 Å². The first-order chi connectivity index (χ1) is 16.0. The second-order valence-corrected chi connectivity index (χ2v) is 8.83. The summed E-state index contributed by atoms with van der Waals surface area (Å²) in [7, 11) is 0. The first kappa shape index (κ1) is 24.3. The summed E-state index contributed by atoms with van der Waals surface area (Å²) >= 11 is 0. The number of piperidine rings is 1. The van der Waals surface area contributed by atoms with Gasteiger partial charge in [0.2, 0.25) is 0 Å². The van der Waals surface area contributed by atoms with Gasteiger partial charge in [-0.2, -0.15) is 26.3 Å². The fraction of sp³-hybridized carbons (Fsp3) is 0.333. The van der Waals surface area contributed by atoms with E-state index in [1.807, 2.05) is 31.2 Å². The summed E-state index contributed by atoms with van der Waals surface area (Å²) in [6.45, 7) is 3.62. The zero-order valence-corrected chi connectivity index (χ0v) is 18.6. The summed E-state index contributed by atoms with van der Waals surface area (Å²) in [6.07, 6.45) is -6.78. The van der Waals surface area contributed by atoms with Gasteiger partial charge in [0.05, 0.1) is 11.1 Å². The average molecular weight is 477 g/mol. The van der Waals surface area contributed by atoms with Gasteiger partial charge in [0, 0.05) is 12.6 Å². The molecular formula is C27H25F6N. The second-order valence-electron chi connectivity index (χ2n) is 8.83. The van der Waals surface area contributed by atoms with Gasteiger partial charge in [-0.25, -0.2) is 0 Å². The van der Waals surface area contributed by atoms with Crippen molar-refractivity contribution in [2.45, 2.75) is 44.1 Å². The summed E-state index contributed by atoms with van der Waals surface area (Å²) in [5.74, 6) is 0.236. The number of alkyl halides is 6. The molecule has 1 aliphatic rings. The van der Waals surface area contributed by atoms with Gasteiger partial charge in [-0.1, -0.05) is 48.5 Å². The minimum Gasteiger partial charge on any atom is -0.296 e. The van der Waals surface area contributed by atoms with Gasteiger partial charge in [0.15, 0.2) is 0 Å². The number of halogens is 6. The predicted octanol–water partition coefficient (Wildman–Crippen LogP) is 8.33. The molecule has 0 N–H and O–H groups in total. The van der Waals surface area contributed by atoms with Crippen molar-refractivity contribution >= 4 is 0 Å². The first-order valence-corrected chi connectivity index (χ1v) is 11.2. The third-order valence-electron chi connectivity index (χ3n) is 6.62. The number of likely N-dealkylation sites (tertiary alicyclic amines) is 1. The molecule has 7 heteroatoms. The number of nitrogens with zero attached hydrogens (tertiary/aromatic N) is 1. The Hall–Kier alpha value is -2.80. The molecule has 3 aromatic carbocycles. The highest BCUT2D eigenvalue weighted by Crippen LogP contribution is 2.36. The summed E-state index contributed by atoms with van der Waals surface area (Å²) in [4.78, 5) is 2.28. The van der Waals surface area contributed by atoms with Crippen molar-refractivity contribution in [3.05, 3.63) is 95.1 Å². The normalized spacial score (nSPS) is 18.6. The van der Waals surface area contributed by atoms with Gasteiger partial charge >= 0.3 is 12.4 Å².